The number of thiol groups is 1. The Bertz CT molecular complexity index is 2970. The number of amides is 7. The predicted molar refractivity (Wildman–Crippen MR) is 350 cm³/mol. The van der Waals surface area contributed by atoms with Gasteiger partial charge in [-0.15, -0.1) is 12.6 Å². The molecule has 1 aliphatic rings. The second-order valence-electron chi connectivity index (χ2n) is 23.7. The van der Waals surface area contributed by atoms with Crippen molar-refractivity contribution in [3.05, 3.63) is 59.7 Å². The van der Waals surface area contributed by atoms with Crippen LogP contribution in [0.25, 0.3) is 0 Å². The average molecular weight is 1400 g/mol. The SMILES string of the molecule is O=C(O)CC[C@H](NC(=O)N[C@@H](CCCCNC(=O)CCCCCCC(=O)NCCCC[C@@H](NC(=O)[C@@H](Cc1ccccc1)NC(=O)[C@@H](Cc1ccc(O)c(S)c1)NC(=O)CC[C@@H](C(=O)O)N1CCN(CC(=O)O)CCN(CC(=O)O)CCN(CC(=O)O)CC1)C(=O)O)C(=O)O)C(=O)O. The van der Waals surface area contributed by atoms with E-state index in [4.69, 9.17) is 5.11 Å². The first kappa shape index (κ1) is 83.0. The van der Waals surface area contributed by atoms with Gasteiger partial charge in [0.25, 0.3) is 0 Å². The van der Waals surface area contributed by atoms with Crippen LogP contribution in [0.2, 0.25) is 0 Å². The summed E-state index contributed by atoms with van der Waals surface area (Å²) >= 11 is 4.28. The van der Waals surface area contributed by atoms with Crippen molar-refractivity contribution < 1.29 is 113 Å². The summed E-state index contributed by atoms with van der Waals surface area (Å²) in [6.07, 6.45) is 1.62. The fraction of sp³-hybridized carbons (Fsp3) is 0.587. The molecule has 16 N–H and O–H groups in total. The fourth-order valence-electron chi connectivity index (χ4n) is 10.6. The van der Waals surface area contributed by atoms with Crippen LogP contribution >= 0.6 is 12.6 Å². The average Bonchev–Trinajstić information content (AvgIpc) is 0.861. The number of carbonyl (C=O) groups is 14. The van der Waals surface area contributed by atoms with Crippen molar-refractivity contribution in [2.24, 2.45) is 0 Å². The highest BCUT2D eigenvalue weighted by atomic mass is 32.1. The van der Waals surface area contributed by atoms with Crippen LogP contribution in [0.3, 0.4) is 0 Å². The zero-order chi connectivity index (χ0) is 72.7. The van der Waals surface area contributed by atoms with Crippen molar-refractivity contribution in [3.63, 3.8) is 0 Å². The van der Waals surface area contributed by atoms with E-state index in [1.807, 2.05) is 0 Å². The maximum absolute atomic E-state index is 14.5. The predicted octanol–water partition coefficient (Wildman–Crippen LogP) is -0.302. The van der Waals surface area contributed by atoms with E-state index in [9.17, 15) is 108 Å². The molecule has 0 unspecified atom stereocenters. The van der Waals surface area contributed by atoms with Crippen molar-refractivity contribution in [1.82, 2.24) is 56.8 Å². The monoisotopic (exact) mass is 1400 g/mol. The summed E-state index contributed by atoms with van der Waals surface area (Å²) in [5.74, 6) is -13.7. The molecular formula is C63H93N11O23S. The summed E-state index contributed by atoms with van der Waals surface area (Å²) < 4.78 is 0. The van der Waals surface area contributed by atoms with Crippen LogP contribution in [0.4, 0.5) is 4.79 Å². The Morgan fingerprint density at radius 2 is 0.827 bits per heavy atom. The third kappa shape index (κ3) is 35.2. The highest BCUT2D eigenvalue weighted by Crippen LogP contribution is 2.23. The third-order valence-corrected chi connectivity index (χ3v) is 16.2. The van der Waals surface area contributed by atoms with Crippen LogP contribution in [-0.4, -0.2) is 270 Å². The first-order chi connectivity index (χ1) is 46.5. The maximum atomic E-state index is 14.5. The van der Waals surface area contributed by atoms with Gasteiger partial charge in [-0.1, -0.05) is 49.2 Å². The standard InChI is InChI=1S/C63H93N11O23S/c75-48-21-18-41(36-49(48)98)35-45(66-52(78)22-20-47(62(95)96)74-32-30-72(38-55(83)84)28-26-71(37-54(81)82)27-29-73(31-33-74)39-56(85)86)57(87)68-46(34-40-12-4-3-5-13-40)58(88)67-42(59(89)90)14-8-10-24-64-50(76)16-6-1-2-7-17-51(77)65-25-11-9-15-43(60(91)92)69-63(97)70-44(61(93)94)19-23-53(79)80/h3-5,12-13,18,21,36,42-47,75,98H,1-2,6-11,14-17,19-20,22-35,37-39H2,(H,64,76)(H,65,77)(H,66,78)(H,67,88)(H,68,87)(H,79,80)(H,81,82)(H,83,84)(H,85,86)(H,89,90)(H,91,92)(H,93,94)(H,95,96)(H2,69,70,97)/t42-,43+,44+,45-,46-,47+/m1/s1. The lowest BCUT2D eigenvalue weighted by atomic mass is 10.0. The van der Waals surface area contributed by atoms with Crippen LogP contribution < -0.4 is 37.2 Å². The van der Waals surface area contributed by atoms with Crippen molar-refractivity contribution in [1.29, 1.82) is 0 Å². The molecule has 544 valence electrons. The van der Waals surface area contributed by atoms with Gasteiger partial charge in [0.15, 0.2) is 0 Å². The van der Waals surface area contributed by atoms with Crippen LogP contribution in [0.15, 0.2) is 53.4 Å². The summed E-state index contributed by atoms with van der Waals surface area (Å²) in [5.41, 5.74) is 0.951. The summed E-state index contributed by atoms with van der Waals surface area (Å²) in [4.78, 5) is 181. The number of carboxylic acid groups (broad SMARTS) is 8. The molecule has 98 heavy (non-hydrogen) atoms. The van der Waals surface area contributed by atoms with Gasteiger partial charge in [0.05, 0.1) is 19.6 Å². The summed E-state index contributed by atoms with van der Waals surface area (Å²) in [6, 6.07) is 2.89. The van der Waals surface area contributed by atoms with E-state index in [1.54, 1.807) is 35.2 Å². The van der Waals surface area contributed by atoms with Crippen LogP contribution in [0, 0.1) is 0 Å². The van der Waals surface area contributed by atoms with E-state index < -0.39 is 147 Å². The second-order valence-corrected chi connectivity index (χ2v) is 24.2. The molecule has 0 radical (unpaired) electrons. The van der Waals surface area contributed by atoms with Gasteiger partial charge in [-0.05, 0) is 87.5 Å². The molecule has 35 heteroatoms. The largest absolute Gasteiger partial charge is 0.507 e. The van der Waals surface area contributed by atoms with E-state index in [1.165, 1.54) is 32.9 Å². The first-order valence-electron chi connectivity index (χ1n) is 32.2. The quantitative estimate of drug-likeness (QED) is 0.0299. The molecule has 2 aromatic carbocycles. The van der Waals surface area contributed by atoms with Crippen LogP contribution in [0.5, 0.6) is 5.75 Å². The van der Waals surface area contributed by atoms with Gasteiger partial charge >= 0.3 is 53.8 Å². The van der Waals surface area contributed by atoms with E-state index in [0.29, 0.717) is 49.7 Å². The number of carboxylic acids is 8. The van der Waals surface area contributed by atoms with Gasteiger partial charge in [-0.2, -0.15) is 0 Å². The van der Waals surface area contributed by atoms with Crippen LogP contribution in [0.1, 0.15) is 114 Å². The maximum Gasteiger partial charge on any atom is 0.326 e. The Kier molecular flexibility index (Phi) is 38.4. The Balaban J connectivity index is 1.58. The third-order valence-electron chi connectivity index (χ3n) is 15.9. The zero-order valence-electron chi connectivity index (χ0n) is 54.5. The lowest BCUT2D eigenvalue weighted by Crippen LogP contribution is -2.57. The lowest BCUT2D eigenvalue weighted by molar-refractivity contribution is -0.145. The van der Waals surface area contributed by atoms with Gasteiger partial charge in [-0.3, -0.25) is 67.5 Å². The molecule has 34 nitrogen and oxygen atoms in total. The minimum atomic E-state index is -1.54. The lowest BCUT2D eigenvalue weighted by Gasteiger charge is -2.35. The summed E-state index contributed by atoms with van der Waals surface area (Å²) in [5, 5.41) is 105. The number of phenols is 1. The van der Waals surface area contributed by atoms with Crippen molar-refractivity contribution in [2.75, 3.05) is 85.1 Å². The zero-order valence-corrected chi connectivity index (χ0v) is 55.4. The van der Waals surface area contributed by atoms with E-state index in [0.717, 1.165) is 0 Å². The number of benzene rings is 2. The van der Waals surface area contributed by atoms with E-state index >= 15 is 0 Å². The van der Waals surface area contributed by atoms with Gasteiger partial charge in [-0.25, -0.2) is 19.2 Å². The molecule has 0 aromatic heterocycles. The Labute approximate surface area is 571 Å². The number of phenolic OH excluding ortho intramolecular Hbond substituents is 1. The molecule has 1 aliphatic heterocycles. The van der Waals surface area contributed by atoms with Crippen molar-refractivity contribution >= 4 is 96.0 Å². The number of nitrogens with one attached hydrogen (secondary N) is 7. The normalized spacial score (nSPS) is 15.3. The minimum absolute atomic E-state index is 0.0108. The van der Waals surface area contributed by atoms with E-state index in [-0.39, 0.29) is 146 Å². The molecule has 2 aromatic rings. The number of hydrogen-bond acceptors (Lipinski definition) is 20. The molecule has 1 fully saturated rings. The Morgan fingerprint density at radius 3 is 1.27 bits per heavy atom. The summed E-state index contributed by atoms with van der Waals surface area (Å²) in [6.45, 7) is -0.735. The fourth-order valence-corrected chi connectivity index (χ4v) is 10.8. The molecule has 0 bridgehead atoms. The number of aliphatic carboxylic acids is 8. The number of nitrogens with zero attached hydrogens (tertiary/aromatic N) is 4. The molecule has 6 atom stereocenters. The molecular weight excluding hydrogens is 1310 g/mol. The molecule has 1 heterocycles. The smallest absolute Gasteiger partial charge is 0.326 e. The first-order valence-corrected chi connectivity index (χ1v) is 32.7. The van der Waals surface area contributed by atoms with Gasteiger partial charge in [0.2, 0.25) is 29.5 Å². The second kappa shape index (κ2) is 45.3. The number of hydrogen-bond donors (Lipinski definition) is 17. The van der Waals surface area contributed by atoms with Crippen LogP contribution in [-0.2, 0) is 75.2 Å². The highest BCUT2D eigenvalue weighted by Gasteiger charge is 2.33. The van der Waals surface area contributed by atoms with Crippen molar-refractivity contribution in [2.45, 2.75) is 157 Å². The minimum Gasteiger partial charge on any atom is -0.507 e. The number of urea groups is 1. The number of aromatic hydroxyl groups is 1. The summed E-state index contributed by atoms with van der Waals surface area (Å²) in [7, 11) is 0. The van der Waals surface area contributed by atoms with Gasteiger partial charge in [0, 0.05) is 109 Å². The molecule has 1 saturated heterocycles. The Hall–Kier alpha value is -9.19. The highest BCUT2D eigenvalue weighted by molar-refractivity contribution is 7.80. The Morgan fingerprint density at radius 1 is 0.398 bits per heavy atom. The molecule has 0 aliphatic carbocycles. The molecule has 7 amide bonds. The molecule has 0 saturated carbocycles. The molecule has 0 spiro atoms. The van der Waals surface area contributed by atoms with Gasteiger partial charge < -0.3 is 83.2 Å². The number of unbranched alkanes of at least 4 members (excludes halogenated alkanes) is 5. The van der Waals surface area contributed by atoms with Gasteiger partial charge in [0.1, 0.15) is 42.0 Å². The number of rotatable bonds is 45. The number of carbonyl (C=O) groups excluding carboxylic acids is 6. The topological polar surface area (TPSA) is 518 Å². The van der Waals surface area contributed by atoms with Crippen molar-refractivity contribution in [3.8, 4) is 5.75 Å². The van der Waals surface area contributed by atoms with E-state index in [2.05, 4.69) is 49.8 Å². The molecule has 3 rings (SSSR count).